The quantitative estimate of drug-likeness (QED) is 0.733. The van der Waals surface area contributed by atoms with Crippen LogP contribution in [0.15, 0.2) is 12.3 Å². The fourth-order valence-corrected chi connectivity index (χ4v) is 3.32. The number of fused-ring (bicyclic) bond motifs is 3. The monoisotopic (exact) mass is 335 g/mol. The molecule has 1 saturated heterocycles. The highest BCUT2D eigenvalue weighted by Gasteiger charge is 2.48. The summed E-state index contributed by atoms with van der Waals surface area (Å²) in [6.07, 6.45) is -4.51. The highest BCUT2D eigenvalue weighted by atomic mass is 19.4. The van der Waals surface area contributed by atoms with Gasteiger partial charge < -0.3 is 4.90 Å². The number of piperazine rings is 1. The highest BCUT2D eigenvalue weighted by molar-refractivity contribution is 5.55. The van der Waals surface area contributed by atoms with Gasteiger partial charge in [0.15, 0.2) is 0 Å². The number of pyridine rings is 1. The van der Waals surface area contributed by atoms with Crippen molar-refractivity contribution in [1.82, 2.24) is 9.88 Å². The third kappa shape index (κ3) is 2.88. The highest BCUT2D eigenvalue weighted by Crippen LogP contribution is 2.46. The first-order chi connectivity index (χ1) is 10.6. The van der Waals surface area contributed by atoms with Crippen molar-refractivity contribution < 1.29 is 22.0 Å². The van der Waals surface area contributed by atoms with Crippen LogP contribution in [-0.4, -0.2) is 41.6 Å². The molecule has 128 valence electrons. The maximum absolute atomic E-state index is 14.4. The van der Waals surface area contributed by atoms with Crippen LogP contribution in [0, 0.1) is 0 Å². The standard InChI is InChI=1S/C15H18F5N3/c1-9(2)22-3-4-23-11(8-22)6-14(16,17)12-5-10(15(18,19)20)7-21-13(12)23/h5,7,9,11H,3-4,6,8H2,1-2H3/t11-/m1/s1. The lowest BCUT2D eigenvalue weighted by molar-refractivity contribution is -0.138. The molecule has 8 heteroatoms. The fraction of sp³-hybridized carbons (Fsp3) is 0.667. The minimum Gasteiger partial charge on any atom is -0.350 e. The van der Waals surface area contributed by atoms with Gasteiger partial charge in [0.05, 0.1) is 11.1 Å². The van der Waals surface area contributed by atoms with Crippen molar-refractivity contribution in [3.63, 3.8) is 0 Å². The lowest BCUT2D eigenvalue weighted by Gasteiger charge is -2.48. The predicted octanol–water partition coefficient (Wildman–Crippen LogP) is 3.49. The van der Waals surface area contributed by atoms with Crippen LogP contribution in [0.4, 0.5) is 27.8 Å². The maximum Gasteiger partial charge on any atom is 0.417 e. The lowest BCUT2D eigenvalue weighted by atomic mass is 9.91. The number of rotatable bonds is 1. The third-order valence-electron chi connectivity index (χ3n) is 4.60. The molecule has 0 unspecified atom stereocenters. The Hall–Kier alpha value is -1.44. The Labute approximate surface area is 131 Å². The van der Waals surface area contributed by atoms with Crippen molar-refractivity contribution in [3.8, 4) is 0 Å². The summed E-state index contributed by atoms with van der Waals surface area (Å²) in [5, 5.41) is 0. The molecule has 0 aliphatic carbocycles. The predicted molar refractivity (Wildman–Crippen MR) is 75.6 cm³/mol. The number of hydrogen-bond donors (Lipinski definition) is 0. The molecule has 3 nitrogen and oxygen atoms in total. The summed E-state index contributed by atoms with van der Waals surface area (Å²) < 4.78 is 67.2. The summed E-state index contributed by atoms with van der Waals surface area (Å²) in [5.74, 6) is -3.31. The summed E-state index contributed by atoms with van der Waals surface area (Å²) in [7, 11) is 0. The van der Waals surface area contributed by atoms with Crippen LogP contribution >= 0.6 is 0 Å². The van der Waals surface area contributed by atoms with Gasteiger partial charge in [0.2, 0.25) is 0 Å². The van der Waals surface area contributed by atoms with E-state index in [1.54, 1.807) is 4.90 Å². The van der Waals surface area contributed by atoms with Crippen LogP contribution in [0.5, 0.6) is 0 Å². The number of aromatic nitrogens is 1. The van der Waals surface area contributed by atoms with Crippen molar-refractivity contribution in [1.29, 1.82) is 0 Å². The second kappa shape index (κ2) is 5.29. The summed E-state index contributed by atoms with van der Waals surface area (Å²) >= 11 is 0. The Kier molecular flexibility index (Phi) is 3.78. The summed E-state index contributed by atoms with van der Waals surface area (Å²) in [6.45, 7) is 5.64. The molecule has 2 aliphatic rings. The van der Waals surface area contributed by atoms with Crippen molar-refractivity contribution in [3.05, 3.63) is 23.4 Å². The Morgan fingerprint density at radius 2 is 1.96 bits per heavy atom. The second-order valence-corrected chi connectivity index (χ2v) is 6.44. The van der Waals surface area contributed by atoms with Crippen molar-refractivity contribution >= 4 is 5.82 Å². The van der Waals surface area contributed by atoms with E-state index < -0.39 is 35.7 Å². The molecule has 3 rings (SSSR count). The number of hydrogen-bond acceptors (Lipinski definition) is 3. The summed E-state index contributed by atoms with van der Waals surface area (Å²) in [4.78, 5) is 7.57. The van der Waals surface area contributed by atoms with E-state index in [2.05, 4.69) is 9.88 Å². The van der Waals surface area contributed by atoms with Gasteiger partial charge in [0.25, 0.3) is 5.92 Å². The number of nitrogens with zero attached hydrogens (tertiary/aromatic N) is 3. The molecule has 2 aliphatic heterocycles. The van der Waals surface area contributed by atoms with E-state index in [-0.39, 0.29) is 11.9 Å². The van der Waals surface area contributed by atoms with Gasteiger partial charge in [-0.05, 0) is 19.9 Å². The normalized spacial score (nSPS) is 24.5. The lowest BCUT2D eigenvalue weighted by Crippen LogP contribution is -2.58. The van der Waals surface area contributed by atoms with Crippen molar-refractivity contribution in [2.75, 3.05) is 24.5 Å². The molecule has 0 amide bonds. The van der Waals surface area contributed by atoms with Crippen LogP contribution in [0.3, 0.4) is 0 Å². The average Bonchev–Trinajstić information content (AvgIpc) is 2.44. The average molecular weight is 335 g/mol. The van der Waals surface area contributed by atoms with E-state index in [1.807, 2.05) is 13.8 Å². The molecule has 0 N–H and O–H groups in total. The molecule has 1 fully saturated rings. The van der Waals surface area contributed by atoms with Crippen molar-refractivity contribution in [2.24, 2.45) is 0 Å². The van der Waals surface area contributed by atoms with E-state index in [4.69, 9.17) is 0 Å². The van der Waals surface area contributed by atoms with E-state index in [0.717, 1.165) is 0 Å². The van der Waals surface area contributed by atoms with Gasteiger partial charge in [0.1, 0.15) is 5.82 Å². The van der Waals surface area contributed by atoms with Gasteiger partial charge in [-0.15, -0.1) is 0 Å². The second-order valence-electron chi connectivity index (χ2n) is 6.44. The van der Waals surface area contributed by atoms with Gasteiger partial charge in [-0.25, -0.2) is 13.8 Å². The van der Waals surface area contributed by atoms with Crippen molar-refractivity contribution in [2.45, 2.75) is 44.5 Å². The van der Waals surface area contributed by atoms with Crippen LogP contribution in [-0.2, 0) is 12.1 Å². The topological polar surface area (TPSA) is 19.4 Å². The number of halogens is 5. The maximum atomic E-state index is 14.4. The van der Waals surface area contributed by atoms with E-state index in [9.17, 15) is 22.0 Å². The third-order valence-corrected chi connectivity index (χ3v) is 4.60. The van der Waals surface area contributed by atoms with Gasteiger partial charge in [0, 0.05) is 44.3 Å². The van der Waals surface area contributed by atoms with Gasteiger partial charge in [-0.1, -0.05) is 0 Å². The van der Waals surface area contributed by atoms with Crippen LogP contribution < -0.4 is 4.90 Å². The molecule has 23 heavy (non-hydrogen) atoms. The Morgan fingerprint density at radius 3 is 2.57 bits per heavy atom. The number of alkyl halides is 5. The molecule has 3 heterocycles. The molecule has 1 atom stereocenters. The van der Waals surface area contributed by atoms with Crippen LogP contribution in [0.25, 0.3) is 0 Å². The first-order valence-electron chi connectivity index (χ1n) is 7.56. The van der Waals surface area contributed by atoms with E-state index in [0.29, 0.717) is 31.9 Å². The SMILES string of the molecule is CC(C)N1CCN2c3ncc(C(F)(F)F)cc3C(F)(F)C[C@@H]2C1. The Bertz CT molecular complexity index is 599. The summed E-state index contributed by atoms with van der Waals surface area (Å²) in [6, 6.07) is 0.360. The molecular formula is C15H18F5N3. The zero-order valence-electron chi connectivity index (χ0n) is 12.9. The molecule has 1 aromatic heterocycles. The van der Waals surface area contributed by atoms with Gasteiger partial charge in [-0.2, -0.15) is 13.2 Å². The first-order valence-corrected chi connectivity index (χ1v) is 7.56. The zero-order valence-corrected chi connectivity index (χ0v) is 12.9. The van der Waals surface area contributed by atoms with Gasteiger partial charge >= 0.3 is 6.18 Å². The summed E-state index contributed by atoms with van der Waals surface area (Å²) in [5.41, 5.74) is -1.74. The molecule has 0 aromatic carbocycles. The Morgan fingerprint density at radius 1 is 1.26 bits per heavy atom. The molecule has 0 saturated carbocycles. The van der Waals surface area contributed by atoms with Gasteiger partial charge in [-0.3, -0.25) is 4.90 Å². The smallest absolute Gasteiger partial charge is 0.350 e. The molecule has 0 radical (unpaired) electrons. The fourth-order valence-electron chi connectivity index (χ4n) is 3.32. The van der Waals surface area contributed by atoms with Crippen LogP contribution in [0.2, 0.25) is 0 Å². The molecule has 0 bridgehead atoms. The number of anilines is 1. The largest absolute Gasteiger partial charge is 0.417 e. The van der Waals surface area contributed by atoms with E-state index >= 15 is 0 Å². The first kappa shape index (κ1) is 16.4. The molecule has 1 aromatic rings. The minimum atomic E-state index is -4.68. The minimum absolute atomic E-state index is 0.0114. The Balaban J connectivity index is 1.99. The van der Waals surface area contributed by atoms with Crippen LogP contribution in [0.1, 0.15) is 31.4 Å². The molecule has 0 spiro atoms. The van der Waals surface area contributed by atoms with E-state index in [1.165, 1.54) is 0 Å². The molecular weight excluding hydrogens is 317 g/mol. The zero-order chi connectivity index (χ0) is 17.0.